The third kappa shape index (κ3) is 4.50. The summed E-state index contributed by atoms with van der Waals surface area (Å²) >= 11 is 12.0. The molecular weight excluding hydrogens is 394 g/mol. The highest BCUT2D eigenvalue weighted by atomic mass is 35.5. The Balaban J connectivity index is 1.89. The maximum atomic E-state index is 12.7. The van der Waals surface area contributed by atoms with Crippen molar-refractivity contribution in [3.63, 3.8) is 0 Å². The molecule has 0 aliphatic rings. The Labute approximate surface area is 158 Å². The lowest BCUT2D eigenvalue weighted by Gasteiger charge is -2.14. The van der Waals surface area contributed by atoms with Gasteiger partial charge in [-0.05, 0) is 33.3 Å². The van der Waals surface area contributed by atoms with Crippen LogP contribution in [0.4, 0.5) is 13.2 Å². The van der Waals surface area contributed by atoms with Crippen LogP contribution >= 0.6 is 23.2 Å². The van der Waals surface area contributed by atoms with Crippen molar-refractivity contribution in [2.24, 2.45) is 0 Å². The number of carbonyl (C=O) groups is 1. The molecule has 0 fully saturated rings. The van der Waals surface area contributed by atoms with Crippen LogP contribution in [0.25, 0.3) is 0 Å². The molecule has 2 rings (SSSR count). The Morgan fingerprint density at radius 2 is 1.96 bits per heavy atom. The van der Waals surface area contributed by atoms with E-state index in [4.69, 9.17) is 23.2 Å². The number of aryl methyl sites for hydroxylation is 3. The summed E-state index contributed by atoms with van der Waals surface area (Å²) in [4.78, 5) is 12.2. The molecule has 1 unspecified atom stereocenters. The van der Waals surface area contributed by atoms with Gasteiger partial charge in [0.05, 0.1) is 5.69 Å². The summed E-state index contributed by atoms with van der Waals surface area (Å²) in [5.41, 5.74) is -0.146. The first-order valence-electron chi connectivity index (χ1n) is 7.81. The van der Waals surface area contributed by atoms with Crippen molar-refractivity contribution in [1.82, 2.24) is 24.9 Å². The molecule has 26 heavy (non-hydrogen) atoms. The molecule has 6 nitrogen and oxygen atoms in total. The van der Waals surface area contributed by atoms with Crippen LogP contribution in [0.3, 0.4) is 0 Å². The summed E-state index contributed by atoms with van der Waals surface area (Å²) < 4.78 is 40.7. The minimum absolute atomic E-state index is 0.258. The van der Waals surface area contributed by atoms with E-state index in [1.54, 1.807) is 6.92 Å². The lowest BCUT2D eigenvalue weighted by molar-refractivity contribution is -0.142. The Hall–Kier alpha value is -1.74. The van der Waals surface area contributed by atoms with Gasteiger partial charge in [0.25, 0.3) is 0 Å². The normalized spacial score (nSPS) is 13.1. The zero-order valence-corrected chi connectivity index (χ0v) is 15.9. The van der Waals surface area contributed by atoms with Crippen molar-refractivity contribution in [1.29, 1.82) is 0 Å². The Morgan fingerprint density at radius 3 is 2.46 bits per heavy atom. The van der Waals surface area contributed by atoms with Gasteiger partial charge in [-0.3, -0.25) is 14.2 Å². The van der Waals surface area contributed by atoms with E-state index < -0.39 is 23.8 Å². The number of aromatic nitrogens is 4. The van der Waals surface area contributed by atoms with E-state index in [0.717, 1.165) is 10.7 Å². The van der Waals surface area contributed by atoms with Gasteiger partial charge in [0.15, 0.2) is 5.69 Å². The minimum Gasteiger partial charge on any atom is -0.354 e. The molecule has 1 amide bonds. The monoisotopic (exact) mass is 411 g/mol. The number of nitrogens with zero attached hydrogens (tertiary/aromatic N) is 4. The van der Waals surface area contributed by atoms with Crippen LogP contribution in [0.15, 0.2) is 6.07 Å². The number of alkyl halides is 3. The van der Waals surface area contributed by atoms with Gasteiger partial charge in [-0.2, -0.15) is 23.4 Å². The van der Waals surface area contributed by atoms with E-state index in [1.807, 2.05) is 0 Å². The van der Waals surface area contributed by atoms with E-state index >= 15 is 0 Å². The van der Waals surface area contributed by atoms with Crippen LogP contribution in [0.1, 0.15) is 36.5 Å². The number of hydrogen-bond donors (Lipinski definition) is 1. The fourth-order valence-electron chi connectivity index (χ4n) is 2.40. The number of carbonyl (C=O) groups excluding carboxylic acids is 1. The SMILES string of the molecule is Cc1nn(CCCNC(=O)C(C)n2nc(C(F)(F)F)cc2C)c(Cl)c1Cl. The molecule has 144 valence electrons. The van der Waals surface area contributed by atoms with E-state index in [-0.39, 0.29) is 5.69 Å². The Bertz CT molecular complexity index is 800. The van der Waals surface area contributed by atoms with Crippen LogP contribution in [-0.2, 0) is 17.5 Å². The molecule has 1 N–H and O–H groups in total. The zero-order chi connectivity index (χ0) is 19.6. The molecule has 2 heterocycles. The van der Waals surface area contributed by atoms with E-state index in [2.05, 4.69) is 15.5 Å². The van der Waals surface area contributed by atoms with Crippen molar-refractivity contribution < 1.29 is 18.0 Å². The van der Waals surface area contributed by atoms with Crippen LogP contribution < -0.4 is 5.32 Å². The van der Waals surface area contributed by atoms with Crippen LogP contribution in [0.5, 0.6) is 0 Å². The van der Waals surface area contributed by atoms with Crippen molar-refractivity contribution in [2.45, 2.75) is 46.0 Å². The topological polar surface area (TPSA) is 64.7 Å². The van der Waals surface area contributed by atoms with Gasteiger partial charge < -0.3 is 5.32 Å². The summed E-state index contributed by atoms with van der Waals surface area (Å²) in [6, 6.07) is 0.0475. The summed E-state index contributed by atoms with van der Waals surface area (Å²) in [5.74, 6) is -0.425. The predicted molar refractivity (Wildman–Crippen MR) is 91.3 cm³/mol. The standard InChI is InChI=1S/C15H18Cl2F3N5O/c1-8-7-11(15(18,19)20)23-25(8)10(3)14(26)21-5-4-6-24-13(17)12(16)9(2)22-24/h7,10H,4-6H2,1-3H3,(H,21,26). The van der Waals surface area contributed by atoms with Gasteiger partial charge in [0, 0.05) is 18.8 Å². The van der Waals surface area contributed by atoms with E-state index in [1.165, 1.54) is 18.5 Å². The van der Waals surface area contributed by atoms with E-state index in [0.29, 0.717) is 35.4 Å². The van der Waals surface area contributed by atoms with E-state index in [9.17, 15) is 18.0 Å². The summed E-state index contributed by atoms with van der Waals surface area (Å²) in [7, 11) is 0. The first-order chi connectivity index (χ1) is 12.0. The third-order valence-electron chi connectivity index (χ3n) is 3.80. The largest absolute Gasteiger partial charge is 0.435 e. The Morgan fingerprint density at radius 1 is 1.31 bits per heavy atom. The average Bonchev–Trinajstić information content (AvgIpc) is 3.06. The molecule has 0 saturated heterocycles. The molecule has 0 aliphatic carbocycles. The second-order valence-corrected chi connectivity index (χ2v) is 6.58. The highest BCUT2D eigenvalue weighted by molar-refractivity contribution is 6.41. The second-order valence-electron chi connectivity index (χ2n) is 5.85. The molecule has 0 saturated carbocycles. The molecular formula is C15H18Cl2F3N5O. The summed E-state index contributed by atoms with van der Waals surface area (Å²) in [6.07, 6.45) is -4.02. The molecule has 0 bridgehead atoms. The second kappa shape index (κ2) is 7.87. The fraction of sp³-hybridized carbons (Fsp3) is 0.533. The number of halogens is 5. The summed E-state index contributed by atoms with van der Waals surface area (Å²) in [6.45, 7) is 5.44. The molecule has 2 aromatic rings. The number of rotatable bonds is 6. The smallest absolute Gasteiger partial charge is 0.354 e. The third-order valence-corrected chi connectivity index (χ3v) is 4.73. The van der Waals surface area contributed by atoms with Gasteiger partial charge in [-0.25, -0.2) is 0 Å². The van der Waals surface area contributed by atoms with Crippen molar-refractivity contribution in [2.75, 3.05) is 6.54 Å². The molecule has 2 aromatic heterocycles. The van der Waals surface area contributed by atoms with Gasteiger partial charge in [0.2, 0.25) is 5.91 Å². The van der Waals surface area contributed by atoms with Crippen LogP contribution in [0.2, 0.25) is 10.2 Å². The average molecular weight is 412 g/mol. The van der Waals surface area contributed by atoms with Crippen LogP contribution in [-0.4, -0.2) is 32.0 Å². The van der Waals surface area contributed by atoms with Gasteiger partial charge >= 0.3 is 6.18 Å². The molecule has 0 radical (unpaired) electrons. The Kier molecular flexibility index (Phi) is 6.23. The van der Waals surface area contributed by atoms with Crippen molar-refractivity contribution in [3.8, 4) is 0 Å². The first-order valence-corrected chi connectivity index (χ1v) is 8.57. The highest BCUT2D eigenvalue weighted by Gasteiger charge is 2.35. The van der Waals surface area contributed by atoms with Gasteiger partial charge in [-0.15, -0.1) is 0 Å². The fourth-order valence-corrected chi connectivity index (χ4v) is 2.79. The lowest BCUT2D eigenvalue weighted by Crippen LogP contribution is -2.33. The number of hydrogen-bond acceptors (Lipinski definition) is 3. The van der Waals surface area contributed by atoms with Gasteiger partial charge in [0.1, 0.15) is 16.2 Å². The van der Waals surface area contributed by atoms with Crippen LogP contribution in [0, 0.1) is 13.8 Å². The van der Waals surface area contributed by atoms with Gasteiger partial charge in [-0.1, -0.05) is 23.2 Å². The maximum absolute atomic E-state index is 12.7. The number of nitrogens with one attached hydrogen (secondary N) is 1. The lowest BCUT2D eigenvalue weighted by atomic mass is 10.3. The minimum atomic E-state index is -4.55. The quantitative estimate of drug-likeness (QED) is 0.735. The van der Waals surface area contributed by atoms with Crippen molar-refractivity contribution in [3.05, 3.63) is 33.3 Å². The number of amides is 1. The first kappa shape index (κ1) is 20.6. The molecule has 0 spiro atoms. The predicted octanol–water partition coefficient (Wildman–Crippen LogP) is 3.79. The van der Waals surface area contributed by atoms with Crippen molar-refractivity contribution >= 4 is 29.1 Å². The zero-order valence-electron chi connectivity index (χ0n) is 14.4. The molecule has 0 aromatic carbocycles. The molecule has 11 heteroatoms. The molecule has 1 atom stereocenters. The summed E-state index contributed by atoms with van der Waals surface area (Å²) in [5, 5.41) is 11.0. The maximum Gasteiger partial charge on any atom is 0.435 e. The molecule has 0 aliphatic heterocycles. The highest BCUT2D eigenvalue weighted by Crippen LogP contribution is 2.29.